The molecule has 20 heavy (non-hydrogen) atoms. The van der Waals surface area contributed by atoms with Crippen molar-refractivity contribution in [2.24, 2.45) is 0 Å². The number of ketones is 1. The van der Waals surface area contributed by atoms with E-state index in [4.69, 9.17) is 9.47 Å². The minimum Gasteiger partial charge on any atom is -0.493 e. The molecule has 1 aromatic rings. The Labute approximate surface area is 123 Å². The van der Waals surface area contributed by atoms with Gasteiger partial charge in [0, 0.05) is 23.8 Å². The van der Waals surface area contributed by atoms with Crippen LogP contribution in [0, 0.1) is 0 Å². The summed E-state index contributed by atoms with van der Waals surface area (Å²) in [6.45, 7) is 0. The fourth-order valence-corrected chi connectivity index (χ4v) is 3.55. The third-order valence-electron chi connectivity index (χ3n) is 3.49. The number of thioether (sulfide) groups is 1. The highest BCUT2D eigenvalue weighted by atomic mass is 32.2. The van der Waals surface area contributed by atoms with Crippen molar-refractivity contribution in [3.63, 3.8) is 0 Å². The number of aliphatic hydroxyl groups is 1. The third kappa shape index (κ3) is 3.67. The molecule has 5 heteroatoms. The monoisotopic (exact) mass is 296 g/mol. The second-order valence-corrected chi connectivity index (χ2v) is 6.12. The molecule has 1 aromatic carbocycles. The van der Waals surface area contributed by atoms with Crippen molar-refractivity contribution in [3.8, 4) is 11.5 Å². The Hall–Kier alpha value is -1.20. The average molecular weight is 296 g/mol. The van der Waals surface area contributed by atoms with Gasteiger partial charge >= 0.3 is 0 Å². The lowest BCUT2D eigenvalue weighted by molar-refractivity contribution is -0.121. The van der Waals surface area contributed by atoms with Crippen molar-refractivity contribution in [1.82, 2.24) is 0 Å². The van der Waals surface area contributed by atoms with Gasteiger partial charge in [-0.3, -0.25) is 4.79 Å². The maximum atomic E-state index is 11.5. The van der Waals surface area contributed by atoms with E-state index in [1.54, 1.807) is 26.0 Å². The van der Waals surface area contributed by atoms with Crippen LogP contribution in [0.25, 0.3) is 0 Å². The van der Waals surface area contributed by atoms with E-state index in [1.807, 2.05) is 18.2 Å². The summed E-state index contributed by atoms with van der Waals surface area (Å²) in [6, 6.07) is 5.78. The molecule has 1 aliphatic rings. The van der Waals surface area contributed by atoms with Crippen molar-refractivity contribution in [3.05, 3.63) is 23.8 Å². The molecule has 1 N–H and O–H groups in total. The van der Waals surface area contributed by atoms with Gasteiger partial charge < -0.3 is 14.6 Å². The molecule has 0 bridgehead atoms. The molecule has 0 heterocycles. The van der Waals surface area contributed by atoms with Crippen molar-refractivity contribution in [2.75, 3.05) is 14.2 Å². The first-order valence-electron chi connectivity index (χ1n) is 6.66. The molecule has 0 aromatic heterocycles. The van der Waals surface area contributed by atoms with Gasteiger partial charge in [-0.15, -0.1) is 0 Å². The molecule has 1 fully saturated rings. The minimum absolute atomic E-state index is 0.00402. The highest BCUT2D eigenvalue weighted by Crippen LogP contribution is 2.32. The van der Waals surface area contributed by atoms with Gasteiger partial charge in [-0.1, -0.05) is 6.07 Å². The van der Waals surface area contributed by atoms with Crippen molar-refractivity contribution in [2.45, 2.75) is 36.4 Å². The Morgan fingerprint density at radius 3 is 2.75 bits per heavy atom. The maximum absolute atomic E-state index is 11.5. The lowest BCUT2D eigenvalue weighted by Gasteiger charge is -2.26. The van der Waals surface area contributed by atoms with Crippen LogP contribution >= 0.6 is 11.8 Å². The molecular formula is C15H20O4S. The fraction of sp³-hybridized carbons (Fsp3) is 0.533. The van der Waals surface area contributed by atoms with Gasteiger partial charge in [-0.25, -0.2) is 0 Å². The molecule has 0 unspecified atom stereocenters. The smallest absolute Gasteiger partial charge is 0.161 e. The van der Waals surface area contributed by atoms with E-state index in [0.717, 1.165) is 11.3 Å². The van der Waals surface area contributed by atoms with Crippen LogP contribution in [0.5, 0.6) is 11.5 Å². The van der Waals surface area contributed by atoms with E-state index in [0.29, 0.717) is 30.8 Å². The molecular weight excluding hydrogens is 276 g/mol. The summed E-state index contributed by atoms with van der Waals surface area (Å²) in [4.78, 5) is 11.5. The second kappa shape index (κ2) is 6.99. The zero-order valence-corrected chi connectivity index (χ0v) is 12.6. The summed E-state index contributed by atoms with van der Waals surface area (Å²) in [5.41, 5.74) is 1.10. The topological polar surface area (TPSA) is 55.8 Å². The summed E-state index contributed by atoms with van der Waals surface area (Å²) in [7, 11) is 3.22. The lowest BCUT2D eigenvalue weighted by atomic mass is 9.96. The van der Waals surface area contributed by atoms with Crippen LogP contribution in [0.1, 0.15) is 24.8 Å². The largest absolute Gasteiger partial charge is 0.493 e. The second-order valence-electron chi connectivity index (χ2n) is 4.89. The van der Waals surface area contributed by atoms with E-state index < -0.39 is 0 Å². The highest BCUT2D eigenvalue weighted by molar-refractivity contribution is 7.99. The quantitative estimate of drug-likeness (QED) is 0.904. The van der Waals surface area contributed by atoms with E-state index in [1.165, 1.54) is 0 Å². The first-order chi connectivity index (χ1) is 9.63. The Kier molecular flexibility index (Phi) is 5.31. The molecule has 2 rings (SSSR count). The van der Waals surface area contributed by atoms with Gasteiger partial charge in [0.2, 0.25) is 0 Å². The summed E-state index contributed by atoms with van der Waals surface area (Å²) >= 11 is 1.63. The molecule has 2 atom stereocenters. The van der Waals surface area contributed by atoms with Crippen LogP contribution in [-0.2, 0) is 10.5 Å². The molecule has 0 radical (unpaired) electrons. The Morgan fingerprint density at radius 1 is 1.30 bits per heavy atom. The number of benzene rings is 1. The van der Waals surface area contributed by atoms with Crippen molar-refractivity contribution in [1.29, 1.82) is 0 Å². The summed E-state index contributed by atoms with van der Waals surface area (Å²) in [5, 5.41) is 9.93. The summed E-state index contributed by atoms with van der Waals surface area (Å²) in [5.74, 6) is 2.40. The predicted octanol–water partition coefficient (Wildman–Crippen LogP) is 2.42. The van der Waals surface area contributed by atoms with E-state index >= 15 is 0 Å². The van der Waals surface area contributed by atoms with Crippen LogP contribution in [-0.4, -0.2) is 36.5 Å². The van der Waals surface area contributed by atoms with Gasteiger partial charge in [0.05, 0.1) is 20.3 Å². The van der Waals surface area contributed by atoms with E-state index in [-0.39, 0.29) is 17.1 Å². The normalized spacial score (nSPS) is 22.6. The number of rotatable bonds is 5. The minimum atomic E-state index is -0.377. The van der Waals surface area contributed by atoms with Gasteiger partial charge in [0.15, 0.2) is 11.5 Å². The van der Waals surface area contributed by atoms with E-state index in [2.05, 4.69) is 0 Å². The molecule has 0 spiro atoms. The van der Waals surface area contributed by atoms with Crippen LogP contribution in [0.2, 0.25) is 0 Å². The highest BCUT2D eigenvalue weighted by Gasteiger charge is 2.27. The van der Waals surface area contributed by atoms with Crippen LogP contribution in [0.3, 0.4) is 0 Å². The van der Waals surface area contributed by atoms with Crippen LogP contribution in [0.15, 0.2) is 18.2 Å². The van der Waals surface area contributed by atoms with Crippen LogP contribution in [0.4, 0.5) is 0 Å². The Balaban J connectivity index is 1.98. The standard InChI is InChI=1S/C15H20O4S/c1-18-13-6-3-10(7-14(13)19-2)9-20-15-8-11(16)4-5-12(15)17/h3,6-7,12,15,17H,4-5,8-9H2,1-2H3/t12-,15+/m0/s1. The molecule has 1 saturated carbocycles. The SMILES string of the molecule is COc1ccc(CS[C@@H]2CC(=O)CC[C@@H]2O)cc1OC. The van der Waals surface area contributed by atoms with Gasteiger partial charge in [0.25, 0.3) is 0 Å². The summed E-state index contributed by atoms with van der Waals surface area (Å²) < 4.78 is 10.5. The van der Waals surface area contributed by atoms with Gasteiger partial charge in [-0.05, 0) is 24.1 Å². The molecule has 0 saturated heterocycles. The number of carbonyl (C=O) groups excluding carboxylic acids is 1. The number of Topliss-reactive ketones (excluding diaryl/α,β-unsaturated/α-hetero) is 1. The molecule has 110 valence electrons. The third-order valence-corrected chi connectivity index (χ3v) is 4.90. The number of carbonyl (C=O) groups is 1. The first kappa shape index (κ1) is 15.2. The van der Waals surface area contributed by atoms with Crippen molar-refractivity contribution < 1.29 is 19.4 Å². The zero-order chi connectivity index (χ0) is 14.5. The zero-order valence-electron chi connectivity index (χ0n) is 11.8. The summed E-state index contributed by atoms with van der Waals surface area (Å²) in [6.07, 6.45) is 1.19. The van der Waals surface area contributed by atoms with Crippen LogP contribution < -0.4 is 9.47 Å². The predicted molar refractivity (Wildman–Crippen MR) is 79.5 cm³/mol. The van der Waals surface area contributed by atoms with E-state index in [9.17, 15) is 9.90 Å². The lowest BCUT2D eigenvalue weighted by Crippen LogP contribution is -2.31. The molecule has 0 aliphatic heterocycles. The van der Waals surface area contributed by atoms with Crippen molar-refractivity contribution >= 4 is 17.5 Å². The Morgan fingerprint density at radius 2 is 2.05 bits per heavy atom. The van der Waals surface area contributed by atoms with Gasteiger partial charge in [-0.2, -0.15) is 11.8 Å². The number of aliphatic hydroxyl groups excluding tert-OH is 1. The van der Waals surface area contributed by atoms with Gasteiger partial charge in [0.1, 0.15) is 5.78 Å². The average Bonchev–Trinajstić information content (AvgIpc) is 2.47. The first-order valence-corrected chi connectivity index (χ1v) is 7.71. The number of methoxy groups -OCH3 is 2. The fourth-order valence-electron chi connectivity index (χ4n) is 2.30. The maximum Gasteiger partial charge on any atom is 0.161 e. The molecule has 4 nitrogen and oxygen atoms in total. The molecule has 0 amide bonds. The number of hydrogen-bond donors (Lipinski definition) is 1. The molecule has 1 aliphatic carbocycles. The Bertz CT molecular complexity index is 475. The number of hydrogen-bond acceptors (Lipinski definition) is 5. The number of ether oxygens (including phenoxy) is 2.